The first-order chi connectivity index (χ1) is 9.92. The van der Waals surface area contributed by atoms with Crippen LogP contribution < -0.4 is 10.5 Å². The molecule has 2 aromatic carbocycles. The second-order valence-corrected chi connectivity index (χ2v) is 4.78. The van der Waals surface area contributed by atoms with Crippen LogP contribution in [0, 0.1) is 12.7 Å². The molecular weight excluding hydrogens is 297 g/mol. The van der Waals surface area contributed by atoms with E-state index >= 15 is 0 Å². The van der Waals surface area contributed by atoms with Gasteiger partial charge in [0.15, 0.2) is 11.6 Å². The Labute approximate surface area is 126 Å². The second kappa shape index (κ2) is 6.01. The lowest BCUT2D eigenvalue weighted by Gasteiger charge is -2.11. The molecule has 0 amide bonds. The molecular formula is C15H13ClFNO3. The van der Waals surface area contributed by atoms with Gasteiger partial charge < -0.3 is 15.2 Å². The predicted molar refractivity (Wildman–Crippen MR) is 78.4 cm³/mol. The van der Waals surface area contributed by atoms with Crippen LogP contribution in [0.2, 0.25) is 5.02 Å². The van der Waals surface area contributed by atoms with E-state index in [4.69, 9.17) is 22.1 Å². The van der Waals surface area contributed by atoms with E-state index in [1.165, 1.54) is 13.2 Å². The minimum absolute atomic E-state index is 0.0148. The van der Waals surface area contributed by atoms with E-state index in [0.29, 0.717) is 10.8 Å². The number of hydrogen-bond donors (Lipinski definition) is 1. The van der Waals surface area contributed by atoms with Crippen molar-refractivity contribution in [3.05, 3.63) is 52.3 Å². The number of carbonyl (C=O) groups is 1. The van der Waals surface area contributed by atoms with Gasteiger partial charge in [0.05, 0.1) is 12.7 Å². The van der Waals surface area contributed by atoms with Crippen LogP contribution in [0.25, 0.3) is 0 Å². The highest BCUT2D eigenvalue weighted by atomic mass is 35.5. The summed E-state index contributed by atoms with van der Waals surface area (Å²) in [4.78, 5) is 11.6. The fraction of sp³-hybridized carbons (Fsp3) is 0.133. The van der Waals surface area contributed by atoms with Gasteiger partial charge in [-0.2, -0.15) is 0 Å². The predicted octanol–water partition coefficient (Wildman–Crippen LogP) is 3.95. The van der Waals surface area contributed by atoms with E-state index in [2.05, 4.69) is 4.74 Å². The Kier molecular flexibility index (Phi) is 4.33. The van der Waals surface area contributed by atoms with Crippen LogP contribution in [-0.2, 0) is 4.74 Å². The number of benzene rings is 2. The number of methoxy groups -OCH3 is 1. The van der Waals surface area contributed by atoms with Crippen molar-refractivity contribution in [2.24, 2.45) is 0 Å². The Hall–Kier alpha value is -2.27. The second-order valence-electron chi connectivity index (χ2n) is 4.37. The lowest BCUT2D eigenvalue weighted by molar-refractivity contribution is 0.0601. The summed E-state index contributed by atoms with van der Waals surface area (Å²) in [7, 11) is 1.22. The van der Waals surface area contributed by atoms with Crippen LogP contribution in [0.15, 0.2) is 30.3 Å². The minimum Gasteiger partial charge on any atom is -0.465 e. The lowest BCUT2D eigenvalue weighted by atomic mass is 10.1. The third-order valence-corrected chi connectivity index (χ3v) is 3.29. The molecule has 0 aliphatic rings. The Morgan fingerprint density at radius 1 is 1.29 bits per heavy atom. The van der Waals surface area contributed by atoms with Crippen molar-refractivity contribution in [3.63, 3.8) is 0 Å². The van der Waals surface area contributed by atoms with Crippen molar-refractivity contribution in [3.8, 4) is 11.5 Å². The van der Waals surface area contributed by atoms with Crippen molar-refractivity contribution in [2.75, 3.05) is 12.8 Å². The molecule has 4 nitrogen and oxygen atoms in total. The molecule has 0 fully saturated rings. The molecule has 0 saturated carbocycles. The fourth-order valence-electron chi connectivity index (χ4n) is 1.74. The Balaban J connectivity index is 2.39. The van der Waals surface area contributed by atoms with Gasteiger partial charge in [0.25, 0.3) is 0 Å². The average molecular weight is 310 g/mol. The number of rotatable bonds is 3. The van der Waals surface area contributed by atoms with Gasteiger partial charge in [-0.1, -0.05) is 11.6 Å². The molecule has 0 saturated heterocycles. The lowest BCUT2D eigenvalue weighted by Crippen LogP contribution is -2.06. The van der Waals surface area contributed by atoms with E-state index in [0.717, 1.165) is 11.6 Å². The highest BCUT2D eigenvalue weighted by Gasteiger charge is 2.16. The number of ether oxygens (including phenoxy) is 2. The fourth-order valence-corrected chi connectivity index (χ4v) is 1.86. The van der Waals surface area contributed by atoms with Gasteiger partial charge in [-0.25, -0.2) is 9.18 Å². The van der Waals surface area contributed by atoms with Crippen molar-refractivity contribution >= 4 is 23.3 Å². The number of nitrogens with two attached hydrogens (primary N) is 1. The molecule has 2 N–H and O–H groups in total. The van der Waals surface area contributed by atoms with Crippen LogP contribution in [-0.4, -0.2) is 13.1 Å². The molecule has 0 bridgehead atoms. The molecule has 0 aliphatic heterocycles. The van der Waals surface area contributed by atoms with Crippen molar-refractivity contribution in [1.29, 1.82) is 0 Å². The zero-order valence-corrected chi connectivity index (χ0v) is 12.2. The summed E-state index contributed by atoms with van der Waals surface area (Å²) >= 11 is 5.91. The van der Waals surface area contributed by atoms with Crippen LogP contribution in [0.4, 0.5) is 10.1 Å². The molecule has 110 valence electrons. The number of anilines is 1. The summed E-state index contributed by atoms with van der Waals surface area (Å²) in [6, 6.07) is 7.13. The highest BCUT2D eigenvalue weighted by Crippen LogP contribution is 2.30. The van der Waals surface area contributed by atoms with Crippen LogP contribution >= 0.6 is 11.6 Å². The standard InChI is InChI=1S/C15H13ClFNO3/c1-8-5-9(3-4-11(8)16)21-14-6-10(15(19)20-2)13(18)7-12(14)17/h3-7H,18H2,1-2H3. The van der Waals surface area contributed by atoms with Crippen LogP contribution in [0.5, 0.6) is 11.5 Å². The van der Waals surface area contributed by atoms with Crippen molar-refractivity contribution in [2.45, 2.75) is 6.92 Å². The maximum atomic E-state index is 13.9. The third kappa shape index (κ3) is 3.25. The van der Waals surface area contributed by atoms with Gasteiger partial charge in [0.2, 0.25) is 0 Å². The Morgan fingerprint density at radius 3 is 2.62 bits per heavy atom. The van der Waals surface area contributed by atoms with E-state index in [1.807, 2.05) is 0 Å². The molecule has 0 spiro atoms. The number of hydrogen-bond acceptors (Lipinski definition) is 4. The number of aryl methyl sites for hydroxylation is 1. The molecule has 2 rings (SSSR count). The van der Waals surface area contributed by atoms with Crippen LogP contribution in [0.1, 0.15) is 15.9 Å². The maximum absolute atomic E-state index is 13.9. The van der Waals surface area contributed by atoms with E-state index in [-0.39, 0.29) is 17.0 Å². The van der Waals surface area contributed by atoms with Gasteiger partial charge >= 0.3 is 5.97 Å². The minimum atomic E-state index is -0.673. The quantitative estimate of drug-likeness (QED) is 0.689. The van der Waals surface area contributed by atoms with Gasteiger partial charge in [-0.3, -0.25) is 0 Å². The first-order valence-corrected chi connectivity index (χ1v) is 6.41. The normalized spacial score (nSPS) is 10.3. The molecule has 0 atom stereocenters. The number of nitrogen functional groups attached to an aromatic ring is 1. The zero-order valence-electron chi connectivity index (χ0n) is 11.4. The maximum Gasteiger partial charge on any atom is 0.340 e. The summed E-state index contributed by atoms with van der Waals surface area (Å²) in [6.45, 7) is 1.80. The molecule has 2 aromatic rings. The smallest absolute Gasteiger partial charge is 0.340 e. The molecule has 0 radical (unpaired) electrons. The first-order valence-electron chi connectivity index (χ1n) is 6.03. The first kappa shape index (κ1) is 15.1. The molecule has 0 aliphatic carbocycles. The van der Waals surface area contributed by atoms with Gasteiger partial charge in [-0.15, -0.1) is 0 Å². The molecule has 21 heavy (non-hydrogen) atoms. The SMILES string of the molecule is COC(=O)c1cc(Oc2ccc(Cl)c(C)c2)c(F)cc1N. The van der Waals surface area contributed by atoms with Gasteiger partial charge in [-0.05, 0) is 30.7 Å². The number of halogens is 2. The summed E-state index contributed by atoms with van der Waals surface area (Å²) < 4.78 is 23.9. The Morgan fingerprint density at radius 2 is 2.00 bits per heavy atom. The Bertz CT molecular complexity index is 704. The summed E-state index contributed by atoms with van der Waals surface area (Å²) in [5.74, 6) is -1.06. The largest absolute Gasteiger partial charge is 0.465 e. The zero-order chi connectivity index (χ0) is 15.6. The van der Waals surface area contributed by atoms with E-state index < -0.39 is 11.8 Å². The van der Waals surface area contributed by atoms with Gasteiger partial charge in [0, 0.05) is 22.8 Å². The average Bonchev–Trinajstić information content (AvgIpc) is 2.45. The highest BCUT2D eigenvalue weighted by molar-refractivity contribution is 6.31. The molecule has 6 heteroatoms. The van der Waals surface area contributed by atoms with E-state index in [9.17, 15) is 9.18 Å². The van der Waals surface area contributed by atoms with Crippen molar-refractivity contribution < 1.29 is 18.7 Å². The van der Waals surface area contributed by atoms with E-state index in [1.54, 1.807) is 25.1 Å². The van der Waals surface area contributed by atoms with Crippen LogP contribution in [0.3, 0.4) is 0 Å². The summed E-state index contributed by atoms with van der Waals surface area (Å²) in [6.07, 6.45) is 0. The number of carbonyl (C=O) groups excluding carboxylic acids is 1. The molecule has 0 heterocycles. The van der Waals surface area contributed by atoms with Crippen molar-refractivity contribution in [1.82, 2.24) is 0 Å². The number of esters is 1. The monoisotopic (exact) mass is 309 g/mol. The molecule has 0 aromatic heterocycles. The topological polar surface area (TPSA) is 61.5 Å². The molecule has 0 unspecified atom stereocenters. The third-order valence-electron chi connectivity index (χ3n) is 2.87. The summed E-state index contributed by atoms with van der Waals surface area (Å²) in [5, 5.41) is 0.579. The summed E-state index contributed by atoms with van der Waals surface area (Å²) in [5.41, 5.74) is 6.41. The van der Waals surface area contributed by atoms with Gasteiger partial charge in [0.1, 0.15) is 5.75 Å².